The summed E-state index contributed by atoms with van der Waals surface area (Å²) in [6, 6.07) is 0. The maximum absolute atomic E-state index is 11.0. The molecule has 12 heavy (non-hydrogen) atoms. The van der Waals surface area contributed by atoms with E-state index in [1.165, 1.54) is 17.9 Å². The molecule has 1 N–H and O–H groups in total. The summed E-state index contributed by atoms with van der Waals surface area (Å²) in [6.07, 6.45) is 1.27. The van der Waals surface area contributed by atoms with Crippen molar-refractivity contribution in [3.63, 3.8) is 0 Å². The third kappa shape index (κ3) is 1.39. The van der Waals surface area contributed by atoms with Gasteiger partial charge in [-0.05, 0) is 6.92 Å². The molecule has 0 radical (unpaired) electrons. The minimum atomic E-state index is -0.553. The molecule has 0 atom stereocenters. The minimum Gasteiger partial charge on any atom is -0.493 e. The third-order valence-electron chi connectivity index (χ3n) is 1.40. The molecule has 0 saturated carbocycles. The van der Waals surface area contributed by atoms with Gasteiger partial charge in [-0.15, -0.1) is 0 Å². The van der Waals surface area contributed by atoms with Gasteiger partial charge in [0, 0.05) is 7.05 Å². The number of aromatic hydroxyl groups is 1. The van der Waals surface area contributed by atoms with E-state index in [1.807, 2.05) is 0 Å². The molecule has 0 aromatic carbocycles. The van der Waals surface area contributed by atoms with Gasteiger partial charge in [0.25, 0.3) is 0 Å². The Kier molecular flexibility index (Phi) is 2.32. The smallest absolute Gasteiger partial charge is 0.345 e. The van der Waals surface area contributed by atoms with E-state index < -0.39 is 5.97 Å². The highest BCUT2D eigenvalue weighted by molar-refractivity contribution is 5.91. The predicted molar refractivity (Wildman–Crippen MR) is 40.8 cm³/mol. The summed E-state index contributed by atoms with van der Waals surface area (Å²) in [5, 5.41) is 12.9. The van der Waals surface area contributed by atoms with Crippen LogP contribution in [0.1, 0.15) is 17.3 Å². The van der Waals surface area contributed by atoms with Crippen molar-refractivity contribution in [1.82, 2.24) is 9.78 Å². The van der Waals surface area contributed by atoms with Crippen molar-refractivity contribution in [1.29, 1.82) is 0 Å². The topological polar surface area (TPSA) is 64.3 Å². The van der Waals surface area contributed by atoms with Gasteiger partial charge in [-0.1, -0.05) is 0 Å². The van der Waals surface area contributed by atoms with Gasteiger partial charge >= 0.3 is 5.97 Å². The van der Waals surface area contributed by atoms with Crippen molar-refractivity contribution in [3.8, 4) is 5.88 Å². The highest BCUT2D eigenvalue weighted by Crippen LogP contribution is 2.15. The molecule has 0 aliphatic rings. The van der Waals surface area contributed by atoms with Crippen LogP contribution in [0.15, 0.2) is 6.20 Å². The number of carbonyl (C=O) groups is 1. The molecule has 0 aliphatic carbocycles. The van der Waals surface area contributed by atoms with Crippen LogP contribution >= 0.6 is 0 Å². The van der Waals surface area contributed by atoms with E-state index >= 15 is 0 Å². The predicted octanol–water partition coefficient (Wildman–Crippen LogP) is 0.302. The Hall–Kier alpha value is -1.52. The number of rotatable bonds is 2. The van der Waals surface area contributed by atoms with E-state index in [-0.39, 0.29) is 18.1 Å². The molecule has 1 rings (SSSR count). The van der Waals surface area contributed by atoms with Gasteiger partial charge in [-0.3, -0.25) is 0 Å². The van der Waals surface area contributed by atoms with Crippen LogP contribution in [0.4, 0.5) is 0 Å². The normalized spacial score (nSPS) is 9.83. The number of nitrogens with zero attached hydrogens (tertiary/aromatic N) is 2. The molecule has 1 aromatic rings. The Morgan fingerprint density at radius 2 is 2.50 bits per heavy atom. The quantitative estimate of drug-likeness (QED) is 0.648. The van der Waals surface area contributed by atoms with Gasteiger partial charge in [0.2, 0.25) is 5.88 Å². The van der Waals surface area contributed by atoms with Crippen LogP contribution in [0.5, 0.6) is 5.88 Å². The Morgan fingerprint density at radius 1 is 1.83 bits per heavy atom. The van der Waals surface area contributed by atoms with Crippen LogP contribution in [0.25, 0.3) is 0 Å². The highest BCUT2D eigenvalue weighted by Gasteiger charge is 2.15. The zero-order valence-corrected chi connectivity index (χ0v) is 6.94. The molecule has 5 heteroatoms. The Balaban J connectivity index is 2.88. The molecule has 0 fully saturated rings. The van der Waals surface area contributed by atoms with Crippen molar-refractivity contribution in [2.24, 2.45) is 7.05 Å². The molecular formula is C7H10N2O3. The lowest BCUT2D eigenvalue weighted by Crippen LogP contribution is -2.03. The third-order valence-corrected chi connectivity index (χ3v) is 1.40. The van der Waals surface area contributed by atoms with Crippen molar-refractivity contribution in [2.75, 3.05) is 6.61 Å². The second kappa shape index (κ2) is 3.25. The second-order valence-electron chi connectivity index (χ2n) is 2.23. The largest absolute Gasteiger partial charge is 0.493 e. The molecule has 5 nitrogen and oxygen atoms in total. The monoisotopic (exact) mass is 170 g/mol. The van der Waals surface area contributed by atoms with Crippen LogP contribution in [-0.4, -0.2) is 27.5 Å². The van der Waals surface area contributed by atoms with Gasteiger partial charge in [0.05, 0.1) is 12.8 Å². The van der Waals surface area contributed by atoms with Crippen LogP contribution < -0.4 is 0 Å². The SMILES string of the molecule is CCOC(=O)c1cnn(C)c1O. The van der Waals surface area contributed by atoms with E-state index in [4.69, 9.17) is 0 Å². The first-order valence-electron chi connectivity index (χ1n) is 3.55. The summed E-state index contributed by atoms with van der Waals surface area (Å²) in [5.74, 6) is -0.725. The van der Waals surface area contributed by atoms with Crippen molar-refractivity contribution in [3.05, 3.63) is 11.8 Å². The summed E-state index contributed by atoms with van der Waals surface area (Å²) >= 11 is 0. The van der Waals surface area contributed by atoms with E-state index in [0.29, 0.717) is 0 Å². The fourth-order valence-corrected chi connectivity index (χ4v) is 0.784. The lowest BCUT2D eigenvalue weighted by molar-refractivity contribution is 0.0522. The molecule has 0 spiro atoms. The average molecular weight is 170 g/mol. The van der Waals surface area contributed by atoms with Crippen molar-refractivity contribution in [2.45, 2.75) is 6.92 Å². The summed E-state index contributed by atoms with van der Waals surface area (Å²) in [4.78, 5) is 11.0. The highest BCUT2D eigenvalue weighted by atomic mass is 16.5. The van der Waals surface area contributed by atoms with Gasteiger partial charge in [-0.25, -0.2) is 9.48 Å². The van der Waals surface area contributed by atoms with E-state index in [0.717, 1.165) is 0 Å². The maximum Gasteiger partial charge on any atom is 0.345 e. The fourth-order valence-electron chi connectivity index (χ4n) is 0.784. The fraction of sp³-hybridized carbons (Fsp3) is 0.429. The number of hydrogen-bond acceptors (Lipinski definition) is 4. The molecule has 0 aliphatic heterocycles. The Morgan fingerprint density at radius 3 is 2.92 bits per heavy atom. The molecule has 1 aromatic heterocycles. The number of aromatic nitrogens is 2. The first kappa shape index (κ1) is 8.58. The lowest BCUT2D eigenvalue weighted by atomic mass is 10.3. The lowest BCUT2D eigenvalue weighted by Gasteiger charge is -1.98. The van der Waals surface area contributed by atoms with Crippen molar-refractivity contribution >= 4 is 5.97 Å². The van der Waals surface area contributed by atoms with E-state index in [9.17, 15) is 9.90 Å². The summed E-state index contributed by atoms with van der Waals surface area (Å²) in [6.45, 7) is 1.98. The molecule has 0 saturated heterocycles. The van der Waals surface area contributed by atoms with Crippen LogP contribution in [0, 0.1) is 0 Å². The van der Waals surface area contributed by atoms with Gasteiger partial charge < -0.3 is 9.84 Å². The zero-order valence-electron chi connectivity index (χ0n) is 6.94. The zero-order chi connectivity index (χ0) is 9.14. The minimum absolute atomic E-state index is 0.0966. The number of ether oxygens (including phenoxy) is 1. The van der Waals surface area contributed by atoms with Crippen LogP contribution in [-0.2, 0) is 11.8 Å². The standard InChI is InChI=1S/C7H10N2O3/c1-3-12-7(11)5-4-8-9(2)6(5)10/h4,10H,3H2,1-2H3. The summed E-state index contributed by atoms with van der Waals surface area (Å²) < 4.78 is 5.87. The molecular weight excluding hydrogens is 160 g/mol. The van der Waals surface area contributed by atoms with Crippen molar-refractivity contribution < 1.29 is 14.6 Å². The first-order valence-corrected chi connectivity index (χ1v) is 3.55. The van der Waals surface area contributed by atoms with Crippen LogP contribution in [0.3, 0.4) is 0 Å². The average Bonchev–Trinajstić information content (AvgIpc) is 2.34. The molecule has 0 amide bonds. The maximum atomic E-state index is 11.0. The second-order valence-corrected chi connectivity index (χ2v) is 2.23. The number of hydrogen-bond donors (Lipinski definition) is 1. The number of aryl methyl sites for hydroxylation is 1. The Labute approximate surface area is 69.6 Å². The summed E-state index contributed by atoms with van der Waals surface area (Å²) in [5.41, 5.74) is 0.0966. The summed E-state index contributed by atoms with van der Waals surface area (Å²) in [7, 11) is 1.54. The van der Waals surface area contributed by atoms with Gasteiger partial charge in [0.15, 0.2) is 0 Å². The Bertz CT molecular complexity index is 293. The number of esters is 1. The molecule has 0 unspecified atom stereocenters. The molecule has 1 heterocycles. The molecule has 66 valence electrons. The van der Waals surface area contributed by atoms with Gasteiger partial charge in [0.1, 0.15) is 5.56 Å². The first-order chi connectivity index (χ1) is 5.66. The van der Waals surface area contributed by atoms with Gasteiger partial charge in [-0.2, -0.15) is 5.10 Å². The molecule has 0 bridgehead atoms. The van der Waals surface area contributed by atoms with Crippen LogP contribution in [0.2, 0.25) is 0 Å². The van der Waals surface area contributed by atoms with E-state index in [1.54, 1.807) is 6.92 Å². The van der Waals surface area contributed by atoms with E-state index in [2.05, 4.69) is 9.84 Å². The number of carbonyl (C=O) groups excluding carboxylic acids is 1.